The number of nitrogens with one attached hydrogen (secondary N) is 2. The maximum absolute atomic E-state index is 12.3. The maximum Gasteiger partial charge on any atom is 0.258 e. The average molecular weight is 380 g/mol. The number of hydrogen-bond donors (Lipinski definition) is 2. The van der Waals surface area contributed by atoms with Crippen LogP contribution in [0.15, 0.2) is 53.3 Å². The third-order valence-corrected chi connectivity index (χ3v) is 4.21. The van der Waals surface area contributed by atoms with E-state index in [4.69, 9.17) is 4.74 Å². The zero-order chi connectivity index (χ0) is 20.1. The molecule has 0 radical (unpaired) electrons. The lowest BCUT2D eigenvalue weighted by atomic mass is 10.2. The molecule has 8 nitrogen and oxygen atoms in total. The number of H-pyrrole nitrogens is 1. The fraction of sp³-hybridized carbons (Fsp3) is 0.200. The van der Waals surface area contributed by atoms with Crippen molar-refractivity contribution in [1.29, 1.82) is 0 Å². The molecule has 0 bridgehead atoms. The number of benzene rings is 2. The summed E-state index contributed by atoms with van der Waals surface area (Å²) in [5, 5.41) is 3.07. The van der Waals surface area contributed by atoms with Gasteiger partial charge < -0.3 is 19.9 Å². The van der Waals surface area contributed by atoms with Crippen molar-refractivity contribution >= 4 is 22.7 Å². The lowest BCUT2D eigenvalue weighted by Crippen LogP contribution is -2.38. The van der Waals surface area contributed by atoms with Crippen LogP contribution in [0.2, 0.25) is 0 Å². The second-order valence-corrected chi connectivity index (χ2v) is 6.19. The SMILES string of the molecule is COc1cccc(C(=O)NCC(=O)N(C)Cc2nc3ccccc3c(=O)[nH]2)c1. The van der Waals surface area contributed by atoms with Crippen LogP contribution in [0, 0.1) is 0 Å². The molecule has 1 heterocycles. The molecule has 2 amide bonds. The number of amides is 2. The third-order valence-electron chi connectivity index (χ3n) is 4.21. The van der Waals surface area contributed by atoms with Crippen LogP contribution in [0.5, 0.6) is 5.75 Å². The van der Waals surface area contributed by atoms with Crippen LogP contribution in [0.25, 0.3) is 10.9 Å². The van der Waals surface area contributed by atoms with E-state index in [9.17, 15) is 14.4 Å². The van der Waals surface area contributed by atoms with Gasteiger partial charge in [0, 0.05) is 12.6 Å². The minimum atomic E-state index is -0.377. The van der Waals surface area contributed by atoms with E-state index in [1.54, 1.807) is 55.6 Å². The number of hydrogen-bond acceptors (Lipinski definition) is 5. The van der Waals surface area contributed by atoms with Crippen molar-refractivity contribution in [3.63, 3.8) is 0 Å². The summed E-state index contributed by atoms with van der Waals surface area (Å²) in [6, 6.07) is 13.6. The van der Waals surface area contributed by atoms with Crippen LogP contribution in [-0.4, -0.2) is 47.4 Å². The minimum absolute atomic E-state index is 0.119. The van der Waals surface area contributed by atoms with E-state index in [-0.39, 0.29) is 30.5 Å². The van der Waals surface area contributed by atoms with Crippen LogP contribution in [0.1, 0.15) is 16.2 Å². The maximum atomic E-state index is 12.3. The van der Waals surface area contributed by atoms with E-state index in [0.717, 1.165) is 0 Å². The molecule has 0 aliphatic carbocycles. The molecule has 0 saturated heterocycles. The standard InChI is InChI=1S/C20H20N4O4/c1-24(12-17-22-16-9-4-3-8-15(16)20(27)23-17)18(25)11-21-19(26)13-6-5-7-14(10-13)28-2/h3-10H,11-12H2,1-2H3,(H,21,26)(H,22,23,27). The van der Waals surface area contributed by atoms with Crippen molar-refractivity contribution in [3.8, 4) is 5.75 Å². The largest absolute Gasteiger partial charge is 0.497 e. The Morgan fingerprint density at radius 3 is 2.75 bits per heavy atom. The van der Waals surface area contributed by atoms with Gasteiger partial charge in [0.2, 0.25) is 5.91 Å². The minimum Gasteiger partial charge on any atom is -0.497 e. The summed E-state index contributed by atoms with van der Waals surface area (Å²) in [6.45, 7) is -0.0572. The number of fused-ring (bicyclic) bond motifs is 1. The Balaban J connectivity index is 1.61. The van der Waals surface area contributed by atoms with Gasteiger partial charge in [-0.1, -0.05) is 18.2 Å². The van der Waals surface area contributed by atoms with E-state index >= 15 is 0 Å². The van der Waals surface area contributed by atoms with Gasteiger partial charge >= 0.3 is 0 Å². The molecule has 3 rings (SSSR count). The van der Waals surface area contributed by atoms with Gasteiger partial charge in [0.05, 0.1) is 31.1 Å². The quantitative estimate of drug-likeness (QED) is 0.671. The summed E-state index contributed by atoms with van der Waals surface area (Å²) in [5.74, 6) is 0.242. The summed E-state index contributed by atoms with van der Waals surface area (Å²) in [4.78, 5) is 45.1. The van der Waals surface area contributed by atoms with Crippen LogP contribution in [0.4, 0.5) is 0 Å². The highest BCUT2D eigenvalue weighted by Crippen LogP contribution is 2.12. The highest BCUT2D eigenvalue weighted by molar-refractivity contribution is 5.96. The summed E-state index contributed by atoms with van der Waals surface area (Å²) < 4.78 is 5.08. The van der Waals surface area contributed by atoms with E-state index in [1.165, 1.54) is 12.0 Å². The first-order valence-electron chi connectivity index (χ1n) is 8.62. The molecule has 0 atom stereocenters. The summed E-state index contributed by atoms with van der Waals surface area (Å²) in [6.07, 6.45) is 0. The van der Waals surface area contributed by atoms with Gasteiger partial charge in [-0.2, -0.15) is 0 Å². The van der Waals surface area contributed by atoms with Crippen molar-refractivity contribution in [2.45, 2.75) is 6.54 Å². The monoisotopic (exact) mass is 380 g/mol. The van der Waals surface area contributed by atoms with Gasteiger partial charge in [-0.15, -0.1) is 0 Å². The number of aromatic nitrogens is 2. The van der Waals surface area contributed by atoms with Crippen molar-refractivity contribution in [2.75, 3.05) is 20.7 Å². The van der Waals surface area contributed by atoms with Crippen LogP contribution in [0.3, 0.4) is 0 Å². The van der Waals surface area contributed by atoms with Gasteiger partial charge in [0.15, 0.2) is 0 Å². The zero-order valence-electron chi connectivity index (χ0n) is 15.6. The number of carbonyl (C=O) groups excluding carboxylic acids is 2. The molecule has 2 aromatic carbocycles. The molecule has 0 spiro atoms. The van der Waals surface area contributed by atoms with Crippen molar-refractivity contribution in [2.24, 2.45) is 0 Å². The van der Waals surface area contributed by atoms with Crippen LogP contribution in [-0.2, 0) is 11.3 Å². The van der Waals surface area contributed by atoms with Gasteiger partial charge in [-0.05, 0) is 30.3 Å². The van der Waals surface area contributed by atoms with Gasteiger partial charge in [0.25, 0.3) is 11.5 Å². The molecule has 2 N–H and O–H groups in total. The van der Waals surface area contributed by atoms with E-state index in [2.05, 4.69) is 15.3 Å². The van der Waals surface area contributed by atoms with Gasteiger partial charge in [0.1, 0.15) is 11.6 Å². The Hall–Kier alpha value is -3.68. The lowest BCUT2D eigenvalue weighted by molar-refractivity contribution is -0.129. The normalized spacial score (nSPS) is 10.5. The predicted octanol–water partition coefficient (Wildman–Crippen LogP) is 1.32. The summed E-state index contributed by atoms with van der Waals surface area (Å²) >= 11 is 0. The Morgan fingerprint density at radius 1 is 1.18 bits per heavy atom. The lowest BCUT2D eigenvalue weighted by Gasteiger charge is -2.17. The van der Waals surface area contributed by atoms with Gasteiger partial charge in [-0.25, -0.2) is 4.98 Å². The third kappa shape index (κ3) is 4.35. The molecule has 0 aliphatic heterocycles. The molecule has 1 aromatic heterocycles. The topological polar surface area (TPSA) is 104 Å². The number of rotatable bonds is 6. The number of carbonyl (C=O) groups is 2. The van der Waals surface area contributed by atoms with Crippen LogP contribution < -0.4 is 15.6 Å². The highest BCUT2D eigenvalue weighted by atomic mass is 16.5. The molecular formula is C20H20N4O4. The van der Waals surface area contributed by atoms with E-state index in [1.807, 2.05) is 0 Å². The molecule has 3 aromatic rings. The molecule has 144 valence electrons. The fourth-order valence-electron chi connectivity index (χ4n) is 2.68. The predicted molar refractivity (Wildman–Crippen MR) is 104 cm³/mol. The molecule has 0 fully saturated rings. The summed E-state index contributed by atoms with van der Waals surface area (Å²) in [5.41, 5.74) is 0.705. The number of para-hydroxylation sites is 1. The average Bonchev–Trinajstić information content (AvgIpc) is 2.71. The van der Waals surface area contributed by atoms with E-state index in [0.29, 0.717) is 28.0 Å². The number of methoxy groups -OCH3 is 1. The number of ether oxygens (including phenoxy) is 1. The molecule has 0 aliphatic rings. The smallest absolute Gasteiger partial charge is 0.258 e. The number of aromatic amines is 1. The highest BCUT2D eigenvalue weighted by Gasteiger charge is 2.14. The van der Waals surface area contributed by atoms with Crippen molar-refractivity contribution in [3.05, 3.63) is 70.3 Å². The molecular weight excluding hydrogens is 360 g/mol. The van der Waals surface area contributed by atoms with Gasteiger partial charge in [-0.3, -0.25) is 14.4 Å². The number of likely N-dealkylation sites (N-methyl/N-ethyl adjacent to an activating group) is 1. The Bertz CT molecular complexity index is 1080. The van der Waals surface area contributed by atoms with Crippen LogP contribution >= 0.6 is 0 Å². The second kappa shape index (κ2) is 8.34. The van der Waals surface area contributed by atoms with Crippen molar-refractivity contribution in [1.82, 2.24) is 20.2 Å². The fourth-order valence-corrected chi connectivity index (χ4v) is 2.68. The Morgan fingerprint density at radius 2 is 1.96 bits per heavy atom. The van der Waals surface area contributed by atoms with E-state index < -0.39 is 0 Å². The number of nitrogens with zero attached hydrogens (tertiary/aromatic N) is 2. The van der Waals surface area contributed by atoms with Crippen molar-refractivity contribution < 1.29 is 14.3 Å². The summed E-state index contributed by atoms with van der Waals surface area (Å²) in [7, 11) is 3.09. The molecule has 0 unspecified atom stereocenters. The zero-order valence-corrected chi connectivity index (χ0v) is 15.6. The first kappa shape index (κ1) is 19.1. The molecule has 8 heteroatoms. The second-order valence-electron chi connectivity index (χ2n) is 6.19. The molecule has 0 saturated carbocycles. The Labute approximate surface area is 161 Å². The molecule has 28 heavy (non-hydrogen) atoms. The Kier molecular flexibility index (Phi) is 5.69. The first-order chi connectivity index (χ1) is 13.5. The first-order valence-corrected chi connectivity index (χ1v) is 8.62.